The van der Waals surface area contributed by atoms with Crippen molar-refractivity contribution in [1.82, 2.24) is 20.9 Å². The zero-order valence-corrected chi connectivity index (χ0v) is 21.0. The standard InChI is InChI=1S/C25H30F5N5O4/c1-2-4-17-11-24(26,27)12-19(21(37)33-16(13-31)10-15-5-3-8-32-20(15)36)35(17)22(38)18(9-14-6-7-14)34-23(39)25(28,29)30/h1,14-19H,3-12H2,(H,32,36)(H,33,37)(H,34,39)/t15-,16-,17-,18-,19-/m0/s1. The highest BCUT2D eigenvalue weighted by atomic mass is 19.4. The van der Waals surface area contributed by atoms with Crippen LogP contribution < -0.4 is 16.0 Å². The van der Waals surface area contributed by atoms with Crippen LogP contribution >= 0.6 is 0 Å². The molecule has 214 valence electrons. The lowest BCUT2D eigenvalue weighted by Crippen LogP contribution is -2.64. The van der Waals surface area contributed by atoms with E-state index in [1.54, 1.807) is 5.32 Å². The van der Waals surface area contributed by atoms with Crippen molar-refractivity contribution in [3.05, 3.63) is 0 Å². The molecule has 3 aliphatic rings. The summed E-state index contributed by atoms with van der Waals surface area (Å²) in [4.78, 5) is 51.4. The average Bonchev–Trinajstić information content (AvgIpc) is 3.67. The summed E-state index contributed by atoms with van der Waals surface area (Å²) in [6.07, 6.45) is -0.402. The topological polar surface area (TPSA) is 131 Å². The number of nitrogens with one attached hydrogen (secondary N) is 3. The second kappa shape index (κ2) is 12.2. The highest BCUT2D eigenvalue weighted by Gasteiger charge is 2.52. The van der Waals surface area contributed by atoms with Crippen LogP contribution in [-0.4, -0.2) is 71.3 Å². The molecule has 1 saturated carbocycles. The lowest BCUT2D eigenvalue weighted by Gasteiger charge is -2.45. The Balaban J connectivity index is 1.87. The van der Waals surface area contributed by atoms with Crippen LogP contribution in [-0.2, 0) is 19.2 Å². The number of nitriles is 1. The molecule has 0 aromatic rings. The van der Waals surface area contributed by atoms with Crippen LogP contribution in [0.4, 0.5) is 22.0 Å². The van der Waals surface area contributed by atoms with Crippen molar-refractivity contribution >= 4 is 23.6 Å². The number of hydrogen-bond donors (Lipinski definition) is 3. The Kier molecular flexibility index (Phi) is 9.41. The van der Waals surface area contributed by atoms with E-state index < -0.39 is 79.2 Å². The number of terminal acetylenes is 1. The molecule has 3 N–H and O–H groups in total. The van der Waals surface area contributed by atoms with Gasteiger partial charge < -0.3 is 20.9 Å². The maximum atomic E-state index is 14.7. The molecule has 0 unspecified atom stereocenters. The number of likely N-dealkylation sites (tertiary alicyclic amines) is 1. The quantitative estimate of drug-likeness (QED) is 0.293. The Morgan fingerprint density at radius 2 is 1.85 bits per heavy atom. The van der Waals surface area contributed by atoms with E-state index >= 15 is 0 Å². The van der Waals surface area contributed by atoms with Crippen LogP contribution in [0.1, 0.15) is 57.8 Å². The van der Waals surface area contributed by atoms with Gasteiger partial charge in [0.05, 0.1) is 6.07 Å². The van der Waals surface area contributed by atoms with E-state index in [1.807, 2.05) is 6.07 Å². The molecule has 14 heteroatoms. The highest BCUT2D eigenvalue weighted by molar-refractivity contribution is 5.94. The van der Waals surface area contributed by atoms with Crippen LogP contribution in [0.15, 0.2) is 0 Å². The van der Waals surface area contributed by atoms with E-state index in [-0.39, 0.29) is 24.7 Å². The average molecular weight is 560 g/mol. The third-order valence-electron chi connectivity index (χ3n) is 7.18. The number of nitrogens with zero attached hydrogens (tertiary/aromatic N) is 2. The molecule has 4 amide bonds. The second-order valence-electron chi connectivity index (χ2n) is 10.3. The van der Waals surface area contributed by atoms with Crippen molar-refractivity contribution in [2.75, 3.05) is 6.54 Å². The fourth-order valence-corrected chi connectivity index (χ4v) is 5.11. The molecule has 3 fully saturated rings. The van der Waals surface area contributed by atoms with Crippen LogP contribution in [0.3, 0.4) is 0 Å². The summed E-state index contributed by atoms with van der Waals surface area (Å²) < 4.78 is 68.4. The van der Waals surface area contributed by atoms with Gasteiger partial charge in [-0.3, -0.25) is 19.2 Å². The zero-order valence-electron chi connectivity index (χ0n) is 21.0. The van der Waals surface area contributed by atoms with E-state index in [2.05, 4.69) is 16.6 Å². The van der Waals surface area contributed by atoms with Crippen molar-refractivity contribution in [1.29, 1.82) is 5.26 Å². The minimum Gasteiger partial charge on any atom is -0.356 e. The SMILES string of the molecule is C#CC[C@H]1CC(F)(F)C[C@@H](C(=O)N[C@H](C#N)C[C@@H]2CCCNC2=O)N1C(=O)[C@H](CC1CC1)NC(=O)C(F)(F)F. The number of piperidine rings is 2. The normalized spacial score (nSPS) is 26.3. The van der Waals surface area contributed by atoms with Crippen molar-refractivity contribution in [2.24, 2.45) is 11.8 Å². The maximum absolute atomic E-state index is 14.7. The van der Waals surface area contributed by atoms with Gasteiger partial charge in [0.15, 0.2) is 0 Å². The van der Waals surface area contributed by atoms with E-state index in [1.165, 1.54) is 0 Å². The van der Waals surface area contributed by atoms with Crippen molar-refractivity contribution in [2.45, 2.75) is 94.1 Å². The largest absolute Gasteiger partial charge is 0.471 e. The molecule has 0 aromatic carbocycles. The van der Waals surface area contributed by atoms with E-state index in [9.17, 15) is 46.4 Å². The number of hydrogen-bond acceptors (Lipinski definition) is 5. The Labute approximate surface area is 222 Å². The molecular weight excluding hydrogens is 529 g/mol. The third kappa shape index (κ3) is 8.04. The number of carbonyl (C=O) groups excluding carboxylic acids is 4. The fourth-order valence-electron chi connectivity index (χ4n) is 5.11. The second-order valence-corrected chi connectivity index (χ2v) is 10.3. The predicted octanol–water partition coefficient (Wildman–Crippen LogP) is 1.78. The molecule has 3 rings (SSSR count). The number of amides is 4. The van der Waals surface area contributed by atoms with Crippen molar-refractivity contribution in [3.8, 4) is 18.4 Å². The summed E-state index contributed by atoms with van der Waals surface area (Å²) in [5.41, 5.74) is 0. The molecule has 2 saturated heterocycles. The van der Waals surface area contributed by atoms with E-state index in [0.29, 0.717) is 32.2 Å². The molecule has 5 atom stereocenters. The Hall–Kier alpha value is -3.42. The van der Waals surface area contributed by atoms with Gasteiger partial charge in [0.25, 0.3) is 5.92 Å². The Morgan fingerprint density at radius 3 is 2.41 bits per heavy atom. The maximum Gasteiger partial charge on any atom is 0.471 e. The molecule has 1 aliphatic carbocycles. The van der Waals surface area contributed by atoms with Gasteiger partial charge in [0.1, 0.15) is 18.1 Å². The molecule has 0 radical (unpaired) electrons. The first-order chi connectivity index (χ1) is 18.3. The number of alkyl halides is 5. The molecule has 39 heavy (non-hydrogen) atoms. The summed E-state index contributed by atoms with van der Waals surface area (Å²) in [5, 5.41) is 16.2. The van der Waals surface area contributed by atoms with Crippen molar-refractivity contribution in [3.63, 3.8) is 0 Å². The summed E-state index contributed by atoms with van der Waals surface area (Å²) >= 11 is 0. The first-order valence-electron chi connectivity index (χ1n) is 12.7. The summed E-state index contributed by atoms with van der Waals surface area (Å²) in [6.45, 7) is 0.469. The van der Waals surface area contributed by atoms with Gasteiger partial charge in [0.2, 0.25) is 17.7 Å². The van der Waals surface area contributed by atoms with Gasteiger partial charge in [-0.15, -0.1) is 12.3 Å². The van der Waals surface area contributed by atoms with Crippen LogP contribution in [0.2, 0.25) is 0 Å². The predicted molar refractivity (Wildman–Crippen MR) is 125 cm³/mol. The first-order valence-corrected chi connectivity index (χ1v) is 12.7. The van der Waals surface area contributed by atoms with Gasteiger partial charge in [-0.05, 0) is 31.6 Å². The fraction of sp³-hybridized carbons (Fsp3) is 0.720. The Morgan fingerprint density at radius 1 is 1.15 bits per heavy atom. The monoisotopic (exact) mass is 559 g/mol. The van der Waals surface area contributed by atoms with Gasteiger partial charge in [-0.2, -0.15) is 18.4 Å². The van der Waals surface area contributed by atoms with E-state index in [4.69, 9.17) is 6.42 Å². The molecule has 9 nitrogen and oxygen atoms in total. The lowest BCUT2D eigenvalue weighted by molar-refractivity contribution is -0.176. The first kappa shape index (κ1) is 30.1. The summed E-state index contributed by atoms with van der Waals surface area (Å²) in [7, 11) is 0. The van der Waals surface area contributed by atoms with Gasteiger partial charge in [-0.25, -0.2) is 8.78 Å². The summed E-state index contributed by atoms with van der Waals surface area (Å²) in [6, 6.07) is -4.43. The summed E-state index contributed by atoms with van der Waals surface area (Å²) in [5.74, 6) is -6.96. The van der Waals surface area contributed by atoms with Gasteiger partial charge in [0, 0.05) is 37.8 Å². The number of carbonyl (C=O) groups is 4. The Bertz CT molecular complexity index is 1050. The number of rotatable bonds is 9. The highest BCUT2D eigenvalue weighted by Crippen LogP contribution is 2.39. The molecule has 0 spiro atoms. The van der Waals surface area contributed by atoms with E-state index in [0.717, 1.165) is 4.90 Å². The minimum absolute atomic E-state index is 0.0924. The smallest absolute Gasteiger partial charge is 0.356 e. The third-order valence-corrected chi connectivity index (χ3v) is 7.18. The van der Waals surface area contributed by atoms with Crippen molar-refractivity contribution < 1.29 is 41.1 Å². The lowest BCUT2D eigenvalue weighted by atomic mass is 9.88. The van der Waals surface area contributed by atoms with Crippen LogP contribution in [0.25, 0.3) is 0 Å². The van der Waals surface area contributed by atoms with Crippen LogP contribution in [0.5, 0.6) is 0 Å². The van der Waals surface area contributed by atoms with Gasteiger partial charge >= 0.3 is 12.1 Å². The zero-order chi connectivity index (χ0) is 29.0. The molecule has 2 heterocycles. The van der Waals surface area contributed by atoms with Gasteiger partial charge in [-0.1, -0.05) is 12.8 Å². The van der Waals surface area contributed by atoms with Crippen LogP contribution in [0, 0.1) is 35.5 Å². The molecular formula is C25H30F5N5O4. The molecule has 0 bridgehead atoms. The molecule has 0 aromatic heterocycles. The molecule has 2 aliphatic heterocycles. The number of halogens is 5. The minimum atomic E-state index is -5.29.